The number of aromatic nitrogens is 3. The summed E-state index contributed by atoms with van der Waals surface area (Å²) < 4.78 is 7.01. The Morgan fingerprint density at radius 1 is 0.852 bits per heavy atom. The SMILES string of the molecule is COc1cccc(-c2cc(-c3ccc(O)c(O)c3)n(-c3ccccn3)n2)c1. The van der Waals surface area contributed by atoms with Crippen molar-refractivity contribution in [2.45, 2.75) is 0 Å². The molecule has 2 aromatic heterocycles. The molecule has 0 radical (unpaired) electrons. The first-order valence-corrected chi connectivity index (χ1v) is 8.34. The molecule has 4 rings (SSSR count). The van der Waals surface area contributed by atoms with Crippen molar-refractivity contribution < 1.29 is 14.9 Å². The van der Waals surface area contributed by atoms with E-state index in [1.807, 2.05) is 48.5 Å². The van der Waals surface area contributed by atoms with Gasteiger partial charge in [-0.1, -0.05) is 18.2 Å². The molecule has 0 aliphatic heterocycles. The Balaban J connectivity index is 1.90. The summed E-state index contributed by atoms with van der Waals surface area (Å²) in [6.07, 6.45) is 1.69. The Bertz CT molecular complexity index is 1090. The zero-order chi connectivity index (χ0) is 18.8. The Kier molecular flexibility index (Phi) is 4.22. The van der Waals surface area contributed by atoms with Gasteiger partial charge < -0.3 is 14.9 Å². The highest BCUT2D eigenvalue weighted by Crippen LogP contribution is 2.34. The number of hydrogen-bond acceptors (Lipinski definition) is 5. The fraction of sp³-hybridized carbons (Fsp3) is 0.0476. The Hall–Kier alpha value is -3.80. The third-order valence-electron chi connectivity index (χ3n) is 4.21. The van der Waals surface area contributed by atoms with Crippen molar-refractivity contribution in [1.29, 1.82) is 0 Å². The minimum Gasteiger partial charge on any atom is -0.504 e. The van der Waals surface area contributed by atoms with Crippen LogP contribution < -0.4 is 4.74 Å². The second kappa shape index (κ2) is 6.84. The second-order valence-electron chi connectivity index (χ2n) is 5.95. The molecule has 4 aromatic rings. The van der Waals surface area contributed by atoms with E-state index in [1.54, 1.807) is 24.1 Å². The predicted molar refractivity (Wildman–Crippen MR) is 102 cm³/mol. The third-order valence-corrected chi connectivity index (χ3v) is 4.21. The number of benzene rings is 2. The van der Waals surface area contributed by atoms with Gasteiger partial charge in [-0.2, -0.15) is 5.10 Å². The Morgan fingerprint density at radius 3 is 2.48 bits per heavy atom. The monoisotopic (exact) mass is 359 g/mol. The summed E-state index contributed by atoms with van der Waals surface area (Å²) in [6.45, 7) is 0. The van der Waals surface area contributed by atoms with Gasteiger partial charge in [0.1, 0.15) is 5.75 Å². The van der Waals surface area contributed by atoms with Crippen LogP contribution in [0.2, 0.25) is 0 Å². The van der Waals surface area contributed by atoms with Gasteiger partial charge >= 0.3 is 0 Å². The Labute approximate surface area is 155 Å². The maximum absolute atomic E-state index is 9.90. The van der Waals surface area contributed by atoms with Crippen molar-refractivity contribution in [3.63, 3.8) is 0 Å². The van der Waals surface area contributed by atoms with Crippen LogP contribution in [0.1, 0.15) is 0 Å². The highest BCUT2D eigenvalue weighted by Gasteiger charge is 2.15. The van der Waals surface area contributed by atoms with Crippen LogP contribution in [0, 0.1) is 0 Å². The van der Waals surface area contributed by atoms with E-state index in [4.69, 9.17) is 9.84 Å². The van der Waals surface area contributed by atoms with E-state index in [0.717, 1.165) is 22.7 Å². The number of rotatable bonds is 4. The van der Waals surface area contributed by atoms with E-state index < -0.39 is 0 Å². The topological polar surface area (TPSA) is 80.4 Å². The van der Waals surface area contributed by atoms with Crippen LogP contribution in [-0.2, 0) is 0 Å². The van der Waals surface area contributed by atoms with Crippen LogP contribution in [0.15, 0.2) is 72.9 Å². The zero-order valence-corrected chi connectivity index (χ0v) is 14.6. The highest BCUT2D eigenvalue weighted by molar-refractivity contribution is 5.72. The molecule has 2 aromatic carbocycles. The van der Waals surface area contributed by atoms with Gasteiger partial charge in [0.15, 0.2) is 17.3 Å². The van der Waals surface area contributed by atoms with Crippen LogP contribution >= 0.6 is 0 Å². The third kappa shape index (κ3) is 3.20. The van der Waals surface area contributed by atoms with Gasteiger partial charge in [0, 0.05) is 17.3 Å². The molecule has 0 spiro atoms. The number of nitrogens with zero attached hydrogens (tertiary/aromatic N) is 3. The number of ether oxygens (including phenoxy) is 1. The zero-order valence-electron chi connectivity index (χ0n) is 14.6. The summed E-state index contributed by atoms with van der Waals surface area (Å²) in [4.78, 5) is 4.38. The molecule has 2 heterocycles. The van der Waals surface area contributed by atoms with E-state index in [-0.39, 0.29) is 11.5 Å². The summed E-state index contributed by atoms with van der Waals surface area (Å²) in [5.41, 5.74) is 3.08. The van der Waals surface area contributed by atoms with Gasteiger partial charge in [0.05, 0.1) is 18.5 Å². The van der Waals surface area contributed by atoms with Gasteiger partial charge in [-0.3, -0.25) is 0 Å². The van der Waals surface area contributed by atoms with Crippen molar-refractivity contribution in [3.8, 4) is 45.6 Å². The molecule has 0 aliphatic carbocycles. The second-order valence-corrected chi connectivity index (χ2v) is 5.95. The van der Waals surface area contributed by atoms with Crippen LogP contribution in [0.3, 0.4) is 0 Å². The smallest absolute Gasteiger partial charge is 0.158 e. The minimum absolute atomic E-state index is 0.171. The van der Waals surface area contributed by atoms with E-state index in [2.05, 4.69) is 4.98 Å². The average Bonchev–Trinajstić information content (AvgIpc) is 3.16. The first kappa shape index (κ1) is 16.7. The van der Waals surface area contributed by atoms with Crippen LogP contribution in [0.25, 0.3) is 28.3 Å². The molecule has 6 nitrogen and oxygen atoms in total. The fourth-order valence-corrected chi connectivity index (χ4v) is 2.85. The number of hydrogen-bond donors (Lipinski definition) is 2. The van der Waals surface area contributed by atoms with Crippen LogP contribution in [-0.4, -0.2) is 32.1 Å². The van der Waals surface area contributed by atoms with Crippen molar-refractivity contribution >= 4 is 0 Å². The molecule has 0 unspecified atom stereocenters. The molecule has 0 saturated heterocycles. The van der Waals surface area contributed by atoms with Gasteiger partial charge in [-0.25, -0.2) is 9.67 Å². The normalized spacial score (nSPS) is 10.7. The van der Waals surface area contributed by atoms with E-state index in [0.29, 0.717) is 11.4 Å². The highest BCUT2D eigenvalue weighted by atomic mass is 16.5. The number of aromatic hydroxyl groups is 2. The molecular weight excluding hydrogens is 342 g/mol. The van der Waals surface area contributed by atoms with Crippen molar-refractivity contribution in [1.82, 2.24) is 14.8 Å². The molecule has 134 valence electrons. The molecule has 27 heavy (non-hydrogen) atoms. The van der Waals surface area contributed by atoms with Gasteiger partial charge in [0.25, 0.3) is 0 Å². The summed E-state index contributed by atoms with van der Waals surface area (Å²) >= 11 is 0. The molecule has 6 heteroatoms. The van der Waals surface area contributed by atoms with E-state index >= 15 is 0 Å². The molecule has 0 atom stereocenters. The summed E-state index contributed by atoms with van der Waals surface area (Å²) in [6, 6.07) is 19.8. The number of phenolic OH excluding ortho intramolecular Hbond substituents is 2. The molecule has 0 aliphatic rings. The lowest BCUT2D eigenvalue weighted by molar-refractivity contribution is 0.404. The van der Waals surface area contributed by atoms with Gasteiger partial charge in [-0.05, 0) is 48.5 Å². The molecule has 0 bridgehead atoms. The van der Waals surface area contributed by atoms with Crippen molar-refractivity contribution in [3.05, 3.63) is 72.9 Å². The first-order valence-electron chi connectivity index (χ1n) is 8.34. The molecular formula is C21H17N3O3. The fourth-order valence-electron chi connectivity index (χ4n) is 2.85. The van der Waals surface area contributed by atoms with Crippen molar-refractivity contribution in [2.75, 3.05) is 7.11 Å². The first-order chi connectivity index (χ1) is 13.2. The van der Waals surface area contributed by atoms with Crippen LogP contribution in [0.5, 0.6) is 17.2 Å². The standard InChI is InChI=1S/C21H17N3O3/c1-27-16-6-4-5-14(11-16)17-13-18(15-8-9-19(25)20(26)12-15)24(23-17)21-7-2-3-10-22-21/h2-13,25-26H,1H3. The predicted octanol–water partition coefficient (Wildman–Crippen LogP) is 4.02. The van der Waals surface area contributed by atoms with Gasteiger partial charge in [-0.15, -0.1) is 0 Å². The molecule has 0 saturated carbocycles. The number of pyridine rings is 1. The Morgan fingerprint density at radius 2 is 1.74 bits per heavy atom. The van der Waals surface area contributed by atoms with Crippen molar-refractivity contribution in [2.24, 2.45) is 0 Å². The van der Waals surface area contributed by atoms with Crippen LogP contribution in [0.4, 0.5) is 0 Å². The quantitative estimate of drug-likeness (QED) is 0.538. The number of methoxy groups -OCH3 is 1. The summed E-state index contributed by atoms with van der Waals surface area (Å²) in [5.74, 6) is 1.03. The van der Waals surface area contributed by atoms with E-state index in [1.165, 1.54) is 12.1 Å². The summed E-state index contributed by atoms with van der Waals surface area (Å²) in [7, 11) is 1.62. The number of phenols is 2. The lowest BCUT2D eigenvalue weighted by Gasteiger charge is -2.07. The maximum atomic E-state index is 9.90. The molecule has 0 amide bonds. The van der Waals surface area contributed by atoms with E-state index in [9.17, 15) is 10.2 Å². The summed E-state index contributed by atoms with van der Waals surface area (Å²) in [5, 5.41) is 24.2. The molecule has 2 N–H and O–H groups in total. The van der Waals surface area contributed by atoms with Gasteiger partial charge in [0.2, 0.25) is 0 Å². The lowest BCUT2D eigenvalue weighted by atomic mass is 10.1. The minimum atomic E-state index is -0.191. The largest absolute Gasteiger partial charge is 0.504 e. The maximum Gasteiger partial charge on any atom is 0.158 e. The average molecular weight is 359 g/mol. The lowest BCUT2D eigenvalue weighted by Crippen LogP contribution is -2.01. The molecule has 0 fully saturated rings.